The number of carbonyl (C=O) groups is 3. The number of Topliss-reactive ketones (excluding diaryl/α,β-unsaturated/α-hetero) is 1. The van der Waals surface area contributed by atoms with E-state index >= 15 is 0 Å². The largest absolute Gasteiger partial charge is 0.481 e. The Morgan fingerprint density at radius 1 is 1.33 bits per heavy atom. The summed E-state index contributed by atoms with van der Waals surface area (Å²) in [6.45, 7) is 2.04. The molecule has 21 heavy (non-hydrogen) atoms. The SMILES string of the molecule is CC(=O)c1ccc(C(=O)N2C[C@@H]3CCC[C@@]3(C(=O)O)C2)o1. The van der Waals surface area contributed by atoms with Crippen molar-refractivity contribution in [3.8, 4) is 0 Å². The summed E-state index contributed by atoms with van der Waals surface area (Å²) in [6.07, 6.45) is 2.36. The summed E-state index contributed by atoms with van der Waals surface area (Å²) < 4.78 is 5.25. The second kappa shape index (κ2) is 4.72. The number of fused-ring (bicyclic) bond motifs is 1. The van der Waals surface area contributed by atoms with Gasteiger partial charge in [0.15, 0.2) is 17.3 Å². The molecule has 0 unspecified atom stereocenters. The Morgan fingerprint density at radius 3 is 2.62 bits per heavy atom. The normalized spacial score (nSPS) is 27.7. The van der Waals surface area contributed by atoms with Gasteiger partial charge in [0, 0.05) is 20.0 Å². The summed E-state index contributed by atoms with van der Waals surface area (Å²) in [5, 5.41) is 9.52. The minimum atomic E-state index is -0.816. The van der Waals surface area contributed by atoms with Gasteiger partial charge in [-0.25, -0.2) is 0 Å². The average Bonchev–Trinajstić information content (AvgIpc) is 3.11. The molecule has 0 aromatic carbocycles. The maximum Gasteiger partial charge on any atom is 0.311 e. The Balaban J connectivity index is 1.81. The van der Waals surface area contributed by atoms with E-state index in [0.29, 0.717) is 13.0 Å². The Bertz CT molecular complexity index is 619. The van der Waals surface area contributed by atoms with E-state index in [0.717, 1.165) is 12.8 Å². The summed E-state index contributed by atoms with van der Waals surface area (Å²) in [5.41, 5.74) is -0.800. The molecule has 2 heterocycles. The molecular formula is C15H17NO5. The number of hydrogen-bond acceptors (Lipinski definition) is 4. The molecule has 0 spiro atoms. The van der Waals surface area contributed by atoms with Crippen LogP contribution in [0.4, 0.5) is 0 Å². The number of ketones is 1. The zero-order chi connectivity index (χ0) is 15.2. The van der Waals surface area contributed by atoms with Crippen LogP contribution in [0.2, 0.25) is 0 Å². The van der Waals surface area contributed by atoms with Crippen LogP contribution in [0.25, 0.3) is 0 Å². The van der Waals surface area contributed by atoms with Gasteiger partial charge in [0.1, 0.15) is 0 Å². The number of aliphatic carboxylic acids is 1. The maximum absolute atomic E-state index is 12.4. The van der Waals surface area contributed by atoms with Crippen LogP contribution < -0.4 is 0 Å². The summed E-state index contributed by atoms with van der Waals surface area (Å²) in [4.78, 5) is 36.8. The van der Waals surface area contributed by atoms with Crippen LogP contribution in [0, 0.1) is 11.3 Å². The number of hydrogen-bond donors (Lipinski definition) is 1. The van der Waals surface area contributed by atoms with Crippen molar-refractivity contribution in [2.75, 3.05) is 13.1 Å². The van der Waals surface area contributed by atoms with E-state index in [-0.39, 0.29) is 35.7 Å². The van der Waals surface area contributed by atoms with Crippen LogP contribution in [0.3, 0.4) is 0 Å². The number of amides is 1. The lowest BCUT2D eigenvalue weighted by Crippen LogP contribution is -2.37. The van der Waals surface area contributed by atoms with Crippen molar-refractivity contribution in [2.45, 2.75) is 26.2 Å². The highest BCUT2D eigenvalue weighted by molar-refractivity contribution is 5.96. The monoisotopic (exact) mass is 291 g/mol. The molecule has 1 saturated heterocycles. The smallest absolute Gasteiger partial charge is 0.311 e. The van der Waals surface area contributed by atoms with Crippen LogP contribution in [-0.4, -0.2) is 40.8 Å². The molecule has 112 valence electrons. The molecule has 3 rings (SSSR count). The standard InChI is InChI=1S/C15H17NO5/c1-9(17)11-4-5-12(21-11)13(18)16-7-10-3-2-6-15(10,8-16)14(19)20/h4-5,10H,2-3,6-8H2,1H3,(H,19,20)/t10-,15+/m0/s1. The minimum Gasteiger partial charge on any atom is -0.481 e. The molecule has 6 nitrogen and oxygen atoms in total. The van der Waals surface area contributed by atoms with Crippen molar-refractivity contribution in [1.82, 2.24) is 4.90 Å². The van der Waals surface area contributed by atoms with Gasteiger partial charge in [0.2, 0.25) is 0 Å². The lowest BCUT2D eigenvalue weighted by molar-refractivity contribution is -0.149. The van der Waals surface area contributed by atoms with Crippen molar-refractivity contribution in [3.05, 3.63) is 23.7 Å². The van der Waals surface area contributed by atoms with Crippen LogP contribution in [0.15, 0.2) is 16.5 Å². The van der Waals surface area contributed by atoms with Crippen LogP contribution in [0.1, 0.15) is 47.3 Å². The fourth-order valence-corrected chi connectivity index (χ4v) is 3.59. The number of rotatable bonds is 3. The van der Waals surface area contributed by atoms with Crippen molar-refractivity contribution < 1.29 is 23.9 Å². The second-order valence-corrected chi connectivity index (χ2v) is 5.96. The summed E-state index contributed by atoms with van der Waals surface area (Å²) >= 11 is 0. The van der Waals surface area contributed by atoms with Gasteiger partial charge < -0.3 is 14.4 Å². The number of carbonyl (C=O) groups excluding carboxylic acids is 2. The molecule has 1 N–H and O–H groups in total. The van der Waals surface area contributed by atoms with Gasteiger partial charge in [-0.05, 0) is 30.9 Å². The van der Waals surface area contributed by atoms with Gasteiger partial charge in [-0.1, -0.05) is 6.42 Å². The summed E-state index contributed by atoms with van der Waals surface area (Å²) in [7, 11) is 0. The Morgan fingerprint density at radius 2 is 2.05 bits per heavy atom. The number of carboxylic acid groups (broad SMARTS) is 1. The molecule has 2 fully saturated rings. The predicted octanol–water partition coefficient (Wildman–Crippen LogP) is 1.81. The van der Waals surface area contributed by atoms with Crippen molar-refractivity contribution in [3.63, 3.8) is 0 Å². The first kappa shape index (κ1) is 13.9. The van der Waals surface area contributed by atoms with E-state index in [1.165, 1.54) is 19.1 Å². The lowest BCUT2D eigenvalue weighted by atomic mass is 9.81. The third kappa shape index (κ3) is 2.05. The zero-order valence-corrected chi connectivity index (χ0v) is 11.8. The summed E-state index contributed by atoms with van der Waals surface area (Å²) in [5.74, 6) is -1.14. The van der Waals surface area contributed by atoms with E-state index in [2.05, 4.69) is 0 Å². The van der Waals surface area contributed by atoms with Crippen LogP contribution in [-0.2, 0) is 4.79 Å². The molecular weight excluding hydrogens is 274 g/mol. The molecule has 1 aliphatic carbocycles. The molecule has 1 saturated carbocycles. The number of nitrogens with zero attached hydrogens (tertiary/aromatic N) is 1. The topological polar surface area (TPSA) is 87.8 Å². The van der Waals surface area contributed by atoms with E-state index in [4.69, 9.17) is 4.42 Å². The molecule has 1 aromatic rings. The summed E-state index contributed by atoms with van der Waals surface area (Å²) in [6, 6.07) is 2.94. The first-order valence-electron chi connectivity index (χ1n) is 7.07. The first-order valence-corrected chi connectivity index (χ1v) is 7.07. The van der Waals surface area contributed by atoms with Gasteiger partial charge in [0.25, 0.3) is 5.91 Å². The average molecular weight is 291 g/mol. The van der Waals surface area contributed by atoms with Gasteiger partial charge in [-0.15, -0.1) is 0 Å². The third-order valence-corrected chi connectivity index (χ3v) is 4.75. The Labute approximate surface area is 121 Å². The van der Waals surface area contributed by atoms with Crippen LogP contribution in [0.5, 0.6) is 0 Å². The fourth-order valence-electron chi connectivity index (χ4n) is 3.59. The van der Waals surface area contributed by atoms with Gasteiger partial charge >= 0.3 is 5.97 Å². The predicted molar refractivity (Wildman–Crippen MR) is 72.0 cm³/mol. The molecule has 2 atom stereocenters. The van der Waals surface area contributed by atoms with Crippen molar-refractivity contribution >= 4 is 17.7 Å². The number of carboxylic acids is 1. The fraction of sp³-hybridized carbons (Fsp3) is 0.533. The molecule has 1 aromatic heterocycles. The molecule has 0 radical (unpaired) electrons. The highest BCUT2D eigenvalue weighted by Crippen LogP contribution is 2.49. The molecule has 1 aliphatic heterocycles. The van der Waals surface area contributed by atoms with Gasteiger partial charge in [0.05, 0.1) is 5.41 Å². The Kier molecular flexibility index (Phi) is 3.11. The molecule has 1 amide bonds. The first-order chi connectivity index (χ1) is 9.94. The lowest BCUT2D eigenvalue weighted by Gasteiger charge is -2.22. The van der Waals surface area contributed by atoms with E-state index < -0.39 is 11.4 Å². The van der Waals surface area contributed by atoms with Crippen molar-refractivity contribution in [1.29, 1.82) is 0 Å². The molecule has 2 aliphatic rings. The van der Waals surface area contributed by atoms with Crippen molar-refractivity contribution in [2.24, 2.45) is 11.3 Å². The Hall–Kier alpha value is -2.11. The highest BCUT2D eigenvalue weighted by atomic mass is 16.4. The van der Waals surface area contributed by atoms with E-state index in [9.17, 15) is 19.5 Å². The minimum absolute atomic E-state index is 0.0150. The highest BCUT2D eigenvalue weighted by Gasteiger charge is 2.56. The van der Waals surface area contributed by atoms with E-state index in [1.54, 1.807) is 4.90 Å². The zero-order valence-electron chi connectivity index (χ0n) is 11.8. The van der Waals surface area contributed by atoms with Crippen LogP contribution >= 0.6 is 0 Å². The third-order valence-electron chi connectivity index (χ3n) is 4.75. The second-order valence-electron chi connectivity index (χ2n) is 5.96. The number of furan rings is 1. The quantitative estimate of drug-likeness (QED) is 0.858. The number of likely N-dealkylation sites (tertiary alicyclic amines) is 1. The van der Waals surface area contributed by atoms with Gasteiger partial charge in [-0.2, -0.15) is 0 Å². The molecule has 0 bridgehead atoms. The molecule has 6 heteroatoms. The van der Waals surface area contributed by atoms with Gasteiger partial charge in [-0.3, -0.25) is 14.4 Å². The van der Waals surface area contributed by atoms with E-state index in [1.807, 2.05) is 0 Å². The maximum atomic E-state index is 12.4.